The van der Waals surface area contributed by atoms with E-state index in [-0.39, 0.29) is 18.3 Å². The number of benzene rings is 1. The molecule has 226 valence electrons. The summed E-state index contributed by atoms with van der Waals surface area (Å²) in [6.45, 7) is 9.08. The van der Waals surface area contributed by atoms with Crippen LogP contribution >= 0.6 is 11.6 Å². The number of pyridine rings is 2. The van der Waals surface area contributed by atoms with Crippen molar-refractivity contribution < 1.29 is 23.7 Å². The Labute approximate surface area is 255 Å². The lowest BCUT2D eigenvalue weighted by atomic mass is 10.1. The first-order valence-electron chi connectivity index (χ1n) is 14.7. The molecular formula is C31H35ClN6O5. The molecule has 4 aliphatic rings. The molecule has 4 aliphatic heterocycles. The SMILES string of the molecule is COC(=O)c1ccc2c(n1)NC([C@H](C)N1CCN(c3cccc4c3OC(C)(c3ccc(Cl)cn3)O4)CC1)N2C[C@@H]1CCO1. The number of ether oxygens (including phenoxy) is 4. The lowest BCUT2D eigenvalue weighted by Crippen LogP contribution is -2.58. The molecule has 3 aromatic rings. The maximum absolute atomic E-state index is 12.1. The zero-order valence-corrected chi connectivity index (χ0v) is 25.2. The number of carbonyl (C=O) groups excluding carboxylic acids is 1. The van der Waals surface area contributed by atoms with Gasteiger partial charge in [-0.1, -0.05) is 17.7 Å². The van der Waals surface area contributed by atoms with Crippen LogP contribution in [0.2, 0.25) is 5.02 Å². The fourth-order valence-electron chi connectivity index (χ4n) is 6.30. The van der Waals surface area contributed by atoms with Gasteiger partial charge in [0, 0.05) is 58.5 Å². The number of rotatable bonds is 7. The number of hydrogen-bond donors (Lipinski definition) is 1. The Balaban J connectivity index is 1.05. The first kappa shape index (κ1) is 28.0. The number of nitrogens with one attached hydrogen (secondary N) is 1. The maximum Gasteiger partial charge on any atom is 0.356 e. The lowest BCUT2D eigenvalue weighted by molar-refractivity contribution is -0.0716. The number of piperazine rings is 1. The van der Waals surface area contributed by atoms with Gasteiger partial charge in [-0.2, -0.15) is 0 Å². The summed E-state index contributed by atoms with van der Waals surface area (Å²) in [6.07, 6.45) is 2.82. The quantitative estimate of drug-likeness (QED) is 0.393. The Kier molecular flexibility index (Phi) is 7.19. The van der Waals surface area contributed by atoms with E-state index in [1.54, 1.807) is 18.3 Å². The molecule has 6 heterocycles. The van der Waals surface area contributed by atoms with Gasteiger partial charge >= 0.3 is 5.97 Å². The Bertz CT molecular complexity index is 1510. The molecule has 0 aliphatic carbocycles. The molecule has 2 unspecified atom stereocenters. The van der Waals surface area contributed by atoms with Crippen LogP contribution < -0.4 is 24.6 Å². The molecule has 0 radical (unpaired) electrons. The molecule has 0 spiro atoms. The first-order chi connectivity index (χ1) is 20.8. The fourth-order valence-corrected chi connectivity index (χ4v) is 6.41. The van der Waals surface area contributed by atoms with E-state index >= 15 is 0 Å². The summed E-state index contributed by atoms with van der Waals surface area (Å²) in [7, 11) is 1.37. The fraction of sp³-hybridized carbons (Fsp3) is 0.452. The number of aromatic nitrogens is 2. The smallest absolute Gasteiger partial charge is 0.356 e. The largest absolute Gasteiger partial charge is 0.464 e. The molecule has 0 bridgehead atoms. The van der Waals surface area contributed by atoms with Crippen LogP contribution in [0.1, 0.15) is 36.5 Å². The normalized spacial score (nSPS) is 25.1. The molecule has 2 aromatic heterocycles. The van der Waals surface area contributed by atoms with Crippen LogP contribution in [0.5, 0.6) is 11.5 Å². The second-order valence-corrected chi connectivity index (χ2v) is 11.9. The zero-order valence-electron chi connectivity index (χ0n) is 24.5. The van der Waals surface area contributed by atoms with Gasteiger partial charge in [0.05, 0.1) is 29.6 Å². The van der Waals surface area contributed by atoms with Crippen LogP contribution in [-0.4, -0.2) is 85.6 Å². The Hall–Kier alpha value is -3.80. The number of esters is 1. The van der Waals surface area contributed by atoms with E-state index in [1.165, 1.54) is 7.11 Å². The summed E-state index contributed by atoms with van der Waals surface area (Å²) in [6, 6.07) is 13.5. The van der Waals surface area contributed by atoms with Gasteiger partial charge < -0.3 is 34.1 Å². The van der Waals surface area contributed by atoms with Crippen molar-refractivity contribution in [3.05, 3.63) is 65.1 Å². The molecular weight excluding hydrogens is 572 g/mol. The van der Waals surface area contributed by atoms with E-state index in [4.69, 9.17) is 30.5 Å². The summed E-state index contributed by atoms with van der Waals surface area (Å²) in [5.41, 5.74) is 2.94. The average Bonchev–Trinajstić information content (AvgIpc) is 3.55. The summed E-state index contributed by atoms with van der Waals surface area (Å²) in [5.74, 6) is 0.659. The van der Waals surface area contributed by atoms with Crippen molar-refractivity contribution in [1.29, 1.82) is 0 Å². The summed E-state index contributed by atoms with van der Waals surface area (Å²) < 4.78 is 23.4. The second-order valence-electron chi connectivity index (χ2n) is 11.5. The van der Waals surface area contributed by atoms with Crippen LogP contribution in [-0.2, 0) is 15.3 Å². The van der Waals surface area contributed by atoms with E-state index in [2.05, 4.69) is 43.0 Å². The van der Waals surface area contributed by atoms with Gasteiger partial charge in [0.15, 0.2) is 23.0 Å². The lowest BCUT2D eigenvalue weighted by Gasteiger charge is -2.44. The molecule has 0 amide bonds. The summed E-state index contributed by atoms with van der Waals surface area (Å²) in [5, 5.41) is 4.17. The van der Waals surface area contributed by atoms with Gasteiger partial charge in [-0.25, -0.2) is 9.78 Å². The molecule has 2 saturated heterocycles. The topological polar surface area (TPSA) is 102 Å². The van der Waals surface area contributed by atoms with E-state index in [9.17, 15) is 4.79 Å². The van der Waals surface area contributed by atoms with Gasteiger partial charge in [-0.3, -0.25) is 9.88 Å². The minimum absolute atomic E-state index is 0.0172. The summed E-state index contributed by atoms with van der Waals surface area (Å²) in [4.78, 5) is 28.4. The van der Waals surface area contributed by atoms with E-state index in [0.29, 0.717) is 28.0 Å². The Morgan fingerprint density at radius 2 is 1.95 bits per heavy atom. The highest BCUT2D eigenvalue weighted by Gasteiger charge is 2.43. The van der Waals surface area contributed by atoms with E-state index in [1.807, 2.05) is 31.2 Å². The van der Waals surface area contributed by atoms with Crippen LogP contribution in [0.25, 0.3) is 0 Å². The van der Waals surface area contributed by atoms with Gasteiger partial charge in [0.2, 0.25) is 0 Å². The van der Waals surface area contributed by atoms with Crippen molar-refractivity contribution in [2.75, 3.05) is 61.6 Å². The van der Waals surface area contributed by atoms with E-state index < -0.39 is 11.8 Å². The molecule has 0 saturated carbocycles. The second kappa shape index (κ2) is 11.0. The number of anilines is 3. The summed E-state index contributed by atoms with van der Waals surface area (Å²) >= 11 is 6.05. The Morgan fingerprint density at radius 3 is 2.65 bits per heavy atom. The van der Waals surface area contributed by atoms with Crippen molar-refractivity contribution in [3.63, 3.8) is 0 Å². The number of nitrogens with zero attached hydrogens (tertiary/aromatic N) is 5. The molecule has 2 fully saturated rings. The minimum atomic E-state index is -1.03. The molecule has 1 N–H and O–H groups in total. The van der Waals surface area contributed by atoms with Gasteiger partial charge in [-0.15, -0.1) is 0 Å². The van der Waals surface area contributed by atoms with Crippen LogP contribution in [0, 0.1) is 0 Å². The molecule has 12 heteroatoms. The van der Waals surface area contributed by atoms with Crippen LogP contribution in [0.15, 0.2) is 48.7 Å². The number of para-hydroxylation sites is 1. The molecule has 1 aromatic carbocycles. The average molecular weight is 607 g/mol. The van der Waals surface area contributed by atoms with Crippen molar-refractivity contribution >= 4 is 34.8 Å². The predicted molar refractivity (Wildman–Crippen MR) is 162 cm³/mol. The highest BCUT2D eigenvalue weighted by atomic mass is 35.5. The predicted octanol–water partition coefficient (Wildman–Crippen LogP) is 4.12. The third kappa shape index (κ3) is 5.09. The van der Waals surface area contributed by atoms with Crippen molar-refractivity contribution in [3.8, 4) is 11.5 Å². The highest BCUT2D eigenvalue weighted by Crippen LogP contribution is 2.49. The van der Waals surface area contributed by atoms with E-state index in [0.717, 1.165) is 62.9 Å². The maximum atomic E-state index is 12.1. The number of hydrogen-bond acceptors (Lipinski definition) is 11. The van der Waals surface area contributed by atoms with Gasteiger partial charge in [0.1, 0.15) is 11.9 Å². The Morgan fingerprint density at radius 1 is 1.14 bits per heavy atom. The third-order valence-corrected chi connectivity index (χ3v) is 9.06. The van der Waals surface area contributed by atoms with Gasteiger partial charge in [-0.05, 0) is 49.7 Å². The van der Waals surface area contributed by atoms with Crippen molar-refractivity contribution in [2.24, 2.45) is 0 Å². The molecule has 11 nitrogen and oxygen atoms in total. The van der Waals surface area contributed by atoms with Crippen LogP contribution in [0.4, 0.5) is 17.2 Å². The first-order valence-corrected chi connectivity index (χ1v) is 15.1. The van der Waals surface area contributed by atoms with Crippen molar-refractivity contribution in [2.45, 2.75) is 44.4 Å². The third-order valence-electron chi connectivity index (χ3n) is 8.83. The monoisotopic (exact) mass is 606 g/mol. The number of methoxy groups -OCH3 is 1. The highest BCUT2D eigenvalue weighted by molar-refractivity contribution is 6.30. The standard InChI is InChI=1S/C31H35ClN6O5/c1-19(29-35-28-24(38(29)18-21-11-16-41-21)9-8-22(34-28)30(39)40-3)36-12-14-37(15-13-36)23-5-4-6-25-27(23)43-31(2,42-25)26-10-7-20(32)17-33-26/h4-10,17,19,21,29H,11-16,18H2,1-3H3,(H,34,35)/t19-,21-,29?,31?/m0/s1. The molecule has 4 atom stereocenters. The molecule has 43 heavy (non-hydrogen) atoms. The molecule has 7 rings (SSSR count). The number of carbonyl (C=O) groups is 1. The van der Waals surface area contributed by atoms with Gasteiger partial charge in [0.25, 0.3) is 5.79 Å². The number of fused-ring (bicyclic) bond motifs is 2. The van der Waals surface area contributed by atoms with Crippen LogP contribution in [0.3, 0.4) is 0 Å². The van der Waals surface area contributed by atoms with Crippen molar-refractivity contribution in [1.82, 2.24) is 14.9 Å². The zero-order chi connectivity index (χ0) is 29.7. The number of halogens is 1. The minimum Gasteiger partial charge on any atom is -0.464 e.